The molecule has 0 radical (unpaired) electrons. The Labute approximate surface area is 108 Å². The molecule has 0 aliphatic heterocycles. The fourth-order valence-corrected chi connectivity index (χ4v) is 1.44. The van der Waals surface area contributed by atoms with Gasteiger partial charge in [-0.3, -0.25) is 5.10 Å². The quantitative estimate of drug-likeness (QED) is 0.811. The van der Waals surface area contributed by atoms with Crippen molar-refractivity contribution < 1.29 is 19.1 Å². The summed E-state index contributed by atoms with van der Waals surface area (Å²) in [4.78, 5) is 22.9. The van der Waals surface area contributed by atoms with E-state index in [1.165, 1.54) is 0 Å². The molecule has 0 aliphatic rings. The first-order chi connectivity index (χ1) is 9.20. The van der Waals surface area contributed by atoms with Gasteiger partial charge in [0.2, 0.25) is 0 Å². The van der Waals surface area contributed by atoms with Gasteiger partial charge in [0.25, 0.3) is 0 Å². The van der Waals surface area contributed by atoms with E-state index in [1.54, 1.807) is 18.2 Å². The molecule has 19 heavy (non-hydrogen) atoms. The van der Waals surface area contributed by atoms with Crippen LogP contribution in [0.1, 0.15) is 23.7 Å². The molecule has 7 nitrogen and oxygen atoms in total. The number of carbonyl (C=O) groups excluding carboxylic acids is 2. The molecule has 1 aromatic heterocycles. The summed E-state index contributed by atoms with van der Waals surface area (Å²) >= 11 is 0. The second-order valence-electron chi connectivity index (χ2n) is 3.84. The van der Waals surface area contributed by atoms with Gasteiger partial charge in [-0.15, -0.1) is 5.10 Å². The number of hydrogen-bond acceptors (Lipinski definition) is 6. The first-order valence-electron chi connectivity index (χ1n) is 5.84. The molecular formula is C12H13N3O4. The first kappa shape index (κ1) is 13.0. The maximum atomic E-state index is 11.7. The summed E-state index contributed by atoms with van der Waals surface area (Å²) in [5, 5.41) is 10.1. The molecule has 2 aromatic rings. The van der Waals surface area contributed by atoms with E-state index in [9.17, 15) is 9.59 Å². The van der Waals surface area contributed by atoms with Crippen LogP contribution in [0.25, 0.3) is 11.0 Å². The molecule has 100 valence electrons. The van der Waals surface area contributed by atoms with E-state index < -0.39 is 18.5 Å². The van der Waals surface area contributed by atoms with E-state index in [4.69, 9.17) is 9.47 Å². The van der Waals surface area contributed by atoms with Crippen LogP contribution in [0.15, 0.2) is 18.2 Å². The zero-order chi connectivity index (χ0) is 13.7. The van der Waals surface area contributed by atoms with Crippen LogP contribution in [0.4, 0.5) is 0 Å². The molecule has 1 aromatic carbocycles. The Morgan fingerprint density at radius 2 is 2.16 bits per heavy atom. The summed E-state index contributed by atoms with van der Waals surface area (Å²) in [6, 6.07) is 4.77. The molecule has 0 saturated heterocycles. The normalized spacial score (nSPS) is 10.4. The molecule has 0 aliphatic carbocycles. The van der Waals surface area contributed by atoms with Crippen LogP contribution in [-0.4, -0.2) is 40.6 Å². The van der Waals surface area contributed by atoms with Crippen molar-refractivity contribution in [2.75, 3.05) is 13.2 Å². The molecule has 1 heterocycles. The minimum absolute atomic E-state index is 0.321. The second kappa shape index (κ2) is 5.94. The third-order valence-corrected chi connectivity index (χ3v) is 2.35. The Kier molecular flexibility index (Phi) is 4.07. The fraction of sp³-hybridized carbons (Fsp3) is 0.333. The number of benzene rings is 1. The maximum Gasteiger partial charge on any atom is 0.344 e. The third-order valence-electron chi connectivity index (χ3n) is 2.35. The summed E-state index contributed by atoms with van der Waals surface area (Å²) in [5.74, 6) is -1.15. The summed E-state index contributed by atoms with van der Waals surface area (Å²) < 4.78 is 9.64. The number of carbonyl (C=O) groups is 2. The molecule has 2 rings (SSSR count). The molecule has 0 spiro atoms. The van der Waals surface area contributed by atoms with Crippen molar-refractivity contribution in [2.24, 2.45) is 0 Å². The lowest BCUT2D eigenvalue weighted by Crippen LogP contribution is -2.16. The number of rotatable bonds is 5. The number of hydrogen-bond donors (Lipinski definition) is 1. The van der Waals surface area contributed by atoms with E-state index >= 15 is 0 Å². The zero-order valence-electron chi connectivity index (χ0n) is 10.4. The van der Waals surface area contributed by atoms with Crippen molar-refractivity contribution in [3.8, 4) is 0 Å². The summed E-state index contributed by atoms with van der Waals surface area (Å²) in [6.45, 7) is 1.81. The van der Waals surface area contributed by atoms with Crippen LogP contribution < -0.4 is 0 Å². The molecule has 0 unspecified atom stereocenters. The number of nitrogens with one attached hydrogen (secondary N) is 1. The molecule has 0 atom stereocenters. The Hall–Kier alpha value is -2.44. The molecule has 0 bridgehead atoms. The Bertz CT molecular complexity index is 593. The molecule has 0 saturated carbocycles. The van der Waals surface area contributed by atoms with Crippen molar-refractivity contribution in [3.63, 3.8) is 0 Å². The molecule has 7 heteroatoms. The standard InChI is InChI=1S/C12H13N3O4/c1-2-5-18-11(16)7-19-12(17)8-3-4-9-10(6-8)14-15-13-9/h3-4,6H,2,5,7H2,1H3,(H,13,14,15). The minimum Gasteiger partial charge on any atom is -0.463 e. The summed E-state index contributed by atoms with van der Waals surface area (Å²) in [7, 11) is 0. The summed E-state index contributed by atoms with van der Waals surface area (Å²) in [5.41, 5.74) is 1.60. The highest BCUT2D eigenvalue weighted by Crippen LogP contribution is 2.11. The molecule has 0 fully saturated rings. The summed E-state index contributed by atoms with van der Waals surface area (Å²) in [6.07, 6.45) is 0.725. The lowest BCUT2D eigenvalue weighted by Gasteiger charge is -2.05. The Morgan fingerprint density at radius 1 is 1.32 bits per heavy atom. The monoisotopic (exact) mass is 263 g/mol. The predicted octanol–water partition coefficient (Wildman–Crippen LogP) is 1.07. The predicted molar refractivity (Wildman–Crippen MR) is 65.4 cm³/mol. The van der Waals surface area contributed by atoms with Gasteiger partial charge in [0.15, 0.2) is 6.61 Å². The van der Waals surface area contributed by atoms with Gasteiger partial charge < -0.3 is 9.47 Å². The van der Waals surface area contributed by atoms with E-state index in [-0.39, 0.29) is 0 Å². The van der Waals surface area contributed by atoms with E-state index in [0.717, 1.165) is 6.42 Å². The number of esters is 2. The first-order valence-corrected chi connectivity index (χ1v) is 5.84. The second-order valence-corrected chi connectivity index (χ2v) is 3.84. The van der Waals surface area contributed by atoms with Crippen molar-refractivity contribution in [1.29, 1.82) is 0 Å². The van der Waals surface area contributed by atoms with Crippen molar-refractivity contribution in [2.45, 2.75) is 13.3 Å². The SMILES string of the molecule is CCCOC(=O)COC(=O)c1ccc2nn[nH]c2c1. The maximum absolute atomic E-state index is 11.7. The van der Waals surface area contributed by atoms with E-state index in [2.05, 4.69) is 15.4 Å². The number of ether oxygens (including phenoxy) is 2. The van der Waals surface area contributed by atoms with Gasteiger partial charge in [-0.1, -0.05) is 12.1 Å². The van der Waals surface area contributed by atoms with Crippen LogP contribution in [0.5, 0.6) is 0 Å². The third kappa shape index (κ3) is 3.27. The molecular weight excluding hydrogens is 250 g/mol. The Balaban J connectivity index is 1.94. The van der Waals surface area contributed by atoms with E-state index in [1.807, 2.05) is 6.92 Å². The molecule has 0 amide bonds. The topological polar surface area (TPSA) is 94.2 Å². The largest absolute Gasteiger partial charge is 0.463 e. The average Bonchev–Trinajstić information content (AvgIpc) is 2.89. The van der Waals surface area contributed by atoms with Gasteiger partial charge in [0.1, 0.15) is 5.52 Å². The number of aromatic amines is 1. The van der Waals surface area contributed by atoms with Gasteiger partial charge in [0, 0.05) is 0 Å². The van der Waals surface area contributed by atoms with Crippen LogP contribution in [0.3, 0.4) is 0 Å². The van der Waals surface area contributed by atoms with Crippen LogP contribution >= 0.6 is 0 Å². The number of aromatic nitrogens is 3. The highest BCUT2D eigenvalue weighted by atomic mass is 16.6. The number of fused-ring (bicyclic) bond motifs is 1. The van der Waals surface area contributed by atoms with Gasteiger partial charge >= 0.3 is 11.9 Å². The van der Waals surface area contributed by atoms with Crippen LogP contribution in [0, 0.1) is 0 Å². The van der Waals surface area contributed by atoms with E-state index in [0.29, 0.717) is 23.2 Å². The van der Waals surface area contributed by atoms with Crippen molar-refractivity contribution >= 4 is 23.0 Å². The minimum atomic E-state index is -0.593. The van der Waals surface area contributed by atoms with Gasteiger partial charge in [-0.2, -0.15) is 0 Å². The lowest BCUT2D eigenvalue weighted by atomic mass is 10.2. The average molecular weight is 263 g/mol. The van der Waals surface area contributed by atoms with Gasteiger partial charge in [-0.25, -0.2) is 9.59 Å². The van der Waals surface area contributed by atoms with Crippen molar-refractivity contribution in [3.05, 3.63) is 23.8 Å². The van der Waals surface area contributed by atoms with Crippen LogP contribution in [0.2, 0.25) is 0 Å². The zero-order valence-corrected chi connectivity index (χ0v) is 10.4. The highest BCUT2D eigenvalue weighted by Gasteiger charge is 2.12. The lowest BCUT2D eigenvalue weighted by molar-refractivity contribution is -0.147. The van der Waals surface area contributed by atoms with Crippen LogP contribution in [-0.2, 0) is 14.3 Å². The number of nitrogens with zero attached hydrogens (tertiary/aromatic N) is 2. The number of H-pyrrole nitrogens is 1. The fourth-order valence-electron chi connectivity index (χ4n) is 1.44. The Morgan fingerprint density at radius 3 is 2.95 bits per heavy atom. The molecule has 1 N–H and O–H groups in total. The smallest absolute Gasteiger partial charge is 0.344 e. The van der Waals surface area contributed by atoms with Crippen molar-refractivity contribution in [1.82, 2.24) is 15.4 Å². The van der Waals surface area contributed by atoms with Gasteiger partial charge in [-0.05, 0) is 24.6 Å². The van der Waals surface area contributed by atoms with Gasteiger partial charge in [0.05, 0.1) is 17.7 Å². The highest BCUT2D eigenvalue weighted by molar-refractivity contribution is 5.94.